The third-order valence-electron chi connectivity index (χ3n) is 2.92. The average molecular weight is 343 g/mol. The molecular weight excluding hydrogens is 328 g/mol. The number of sulfonamides is 1. The van der Waals surface area contributed by atoms with Crippen LogP contribution in [0.15, 0.2) is 47.4 Å². The highest BCUT2D eigenvalue weighted by atomic mass is 32.2. The molecule has 2 aromatic rings. The zero-order chi connectivity index (χ0) is 16.9. The van der Waals surface area contributed by atoms with Gasteiger partial charge in [-0.25, -0.2) is 21.9 Å². The Hall–Kier alpha value is -2.19. The number of rotatable bonds is 7. The highest BCUT2D eigenvalue weighted by Crippen LogP contribution is 2.17. The Balaban J connectivity index is 1.88. The molecule has 5 nitrogen and oxygen atoms in total. The maximum absolute atomic E-state index is 13.1. The summed E-state index contributed by atoms with van der Waals surface area (Å²) in [6, 6.07) is 9.16. The highest BCUT2D eigenvalue weighted by Gasteiger charge is 2.15. The van der Waals surface area contributed by atoms with Crippen LogP contribution in [0, 0.1) is 11.6 Å². The number of hydrogen-bond donors (Lipinski definition) is 1. The van der Waals surface area contributed by atoms with Gasteiger partial charge in [0.15, 0.2) is 11.6 Å². The molecule has 0 saturated heterocycles. The minimum absolute atomic E-state index is 0.0205. The number of nitrogens with one attached hydrogen (secondary N) is 1. The molecule has 0 unspecified atom stereocenters. The van der Waals surface area contributed by atoms with E-state index in [0.29, 0.717) is 17.6 Å². The van der Waals surface area contributed by atoms with Crippen molar-refractivity contribution in [1.29, 1.82) is 0 Å². The van der Waals surface area contributed by atoms with Gasteiger partial charge in [-0.15, -0.1) is 0 Å². The van der Waals surface area contributed by atoms with Crippen molar-refractivity contribution in [2.45, 2.75) is 4.90 Å². The van der Waals surface area contributed by atoms with Gasteiger partial charge in [0.1, 0.15) is 18.1 Å². The van der Waals surface area contributed by atoms with Crippen LogP contribution >= 0.6 is 0 Å². The molecule has 2 aromatic carbocycles. The molecule has 0 fully saturated rings. The fourth-order valence-electron chi connectivity index (χ4n) is 1.74. The topological polar surface area (TPSA) is 64.6 Å². The first-order valence-electron chi connectivity index (χ1n) is 6.64. The van der Waals surface area contributed by atoms with Gasteiger partial charge in [0.2, 0.25) is 10.0 Å². The number of ether oxygens (including phenoxy) is 2. The van der Waals surface area contributed by atoms with E-state index in [4.69, 9.17) is 9.47 Å². The first kappa shape index (κ1) is 17.2. The summed E-state index contributed by atoms with van der Waals surface area (Å²) in [6.07, 6.45) is 0. The summed E-state index contributed by atoms with van der Waals surface area (Å²) in [4.78, 5) is -0.346. The van der Waals surface area contributed by atoms with E-state index in [1.165, 1.54) is 0 Å². The van der Waals surface area contributed by atoms with Crippen LogP contribution in [0.1, 0.15) is 0 Å². The minimum Gasteiger partial charge on any atom is -0.497 e. The van der Waals surface area contributed by atoms with Crippen LogP contribution in [0.3, 0.4) is 0 Å². The van der Waals surface area contributed by atoms with Gasteiger partial charge in [0.05, 0.1) is 12.0 Å². The van der Waals surface area contributed by atoms with Gasteiger partial charge in [-0.3, -0.25) is 0 Å². The first-order chi connectivity index (χ1) is 10.9. The number of halogens is 2. The zero-order valence-electron chi connectivity index (χ0n) is 12.3. The maximum atomic E-state index is 13.1. The van der Waals surface area contributed by atoms with Crippen LogP contribution in [-0.2, 0) is 10.0 Å². The van der Waals surface area contributed by atoms with E-state index in [1.54, 1.807) is 31.4 Å². The molecule has 0 bridgehead atoms. The Morgan fingerprint density at radius 2 is 1.65 bits per heavy atom. The van der Waals surface area contributed by atoms with Gasteiger partial charge in [-0.2, -0.15) is 0 Å². The molecule has 0 aromatic heterocycles. The Labute approximate surface area is 132 Å². The smallest absolute Gasteiger partial charge is 0.240 e. The monoisotopic (exact) mass is 343 g/mol. The van der Waals surface area contributed by atoms with E-state index in [-0.39, 0.29) is 18.0 Å². The molecule has 0 aliphatic rings. The van der Waals surface area contributed by atoms with Gasteiger partial charge in [-0.05, 0) is 42.5 Å². The predicted octanol–water partition coefficient (Wildman–Crippen LogP) is 2.33. The molecule has 0 aliphatic heterocycles. The molecule has 0 radical (unpaired) electrons. The zero-order valence-corrected chi connectivity index (χ0v) is 13.1. The third kappa shape index (κ3) is 4.64. The van der Waals surface area contributed by atoms with Crippen molar-refractivity contribution < 1.29 is 26.7 Å². The van der Waals surface area contributed by atoms with Crippen molar-refractivity contribution in [2.75, 3.05) is 20.3 Å². The lowest BCUT2D eigenvalue weighted by Gasteiger charge is -2.09. The lowest BCUT2D eigenvalue weighted by Crippen LogP contribution is -2.28. The second-order valence-corrected chi connectivity index (χ2v) is 6.26. The van der Waals surface area contributed by atoms with E-state index in [0.717, 1.165) is 12.1 Å². The Bertz CT molecular complexity index is 764. The molecule has 0 amide bonds. The summed E-state index contributed by atoms with van der Waals surface area (Å²) in [7, 11) is -2.38. The Morgan fingerprint density at radius 3 is 2.26 bits per heavy atom. The summed E-state index contributed by atoms with van der Waals surface area (Å²) in [5.41, 5.74) is 0. The molecule has 0 aliphatic carbocycles. The van der Waals surface area contributed by atoms with Crippen LogP contribution < -0.4 is 14.2 Å². The van der Waals surface area contributed by atoms with E-state index < -0.39 is 21.7 Å². The van der Waals surface area contributed by atoms with Gasteiger partial charge in [-0.1, -0.05) is 0 Å². The van der Waals surface area contributed by atoms with Gasteiger partial charge in [0.25, 0.3) is 0 Å². The van der Waals surface area contributed by atoms with E-state index in [1.807, 2.05) is 0 Å². The highest BCUT2D eigenvalue weighted by molar-refractivity contribution is 7.89. The number of hydrogen-bond acceptors (Lipinski definition) is 4. The lowest BCUT2D eigenvalue weighted by molar-refractivity contribution is 0.322. The molecule has 0 heterocycles. The van der Waals surface area contributed by atoms with Crippen LogP contribution in [0.2, 0.25) is 0 Å². The van der Waals surface area contributed by atoms with Crippen LogP contribution in [-0.4, -0.2) is 28.7 Å². The quantitative estimate of drug-likeness (QED) is 0.784. The van der Waals surface area contributed by atoms with Gasteiger partial charge < -0.3 is 9.47 Å². The van der Waals surface area contributed by atoms with Crippen molar-refractivity contribution >= 4 is 10.0 Å². The van der Waals surface area contributed by atoms with Crippen LogP contribution in [0.25, 0.3) is 0 Å². The summed E-state index contributed by atoms with van der Waals surface area (Å²) in [5, 5.41) is 0. The lowest BCUT2D eigenvalue weighted by atomic mass is 10.3. The molecule has 0 saturated carbocycles. The van der Waals surface area contributed by atoms with Gasteiger partial charge in [0, 0.05) is 6.54 Å². The van der Waals surface area contributed by atoms with Crippen LogP contribution in [0.5, 0.6) is 11.5 Å². The summed E-state index contributed by atoms with van der Waals surface area (Å²) < 4.78 is 62.3. The van der Waals surface area contributed by atoms with E-state index in [2.05, 4.69) is 4.72 Å². The minimum atomic E-state index is -3.92. The molecule has 8 heteroatoms. The third-order valence-corrected chi connectivity index (χ3v) is 4.38. The molecule has 2 rings (SSSR count). The fourth-order valence-corrected chi connectivity index (χ4v) is 2.77. The summed E-state index contributed by atoms with van der Waals surface area (Å²) in [6.45, 7) is 0.0581. The largest absolute Gasteiger partial charge is 0.497 e. The van der Waals surface area contributed by atoms with Crippen molar-refractivity contribution in [3.05, 3.63) is 54.1 Å². The Kier molecular flexibility index (Phi) is 5.51. The summed E-state index contributed by atoms with van der Waals surface area (Å²) in [5.74, 6) is -1.09. The standard InChI is InChI=1S/C15H15F2NO4S/c1-21-11-2-4-12(5-3-11)22-9-8-18-23(19,20)13-6-7-14(16)15(17)10-13/h2-7,10,18H,8-9H2,1H3. The average Bonchev–Trinajstić information content (AvgIpc) is 2.54. The normalized spacial score (nSPS) is 11.3. The number of benzene rings is 2. The van der Waals surface area contributed by atoms with E-state index >= 15 is 0 Å². The maximum Gasteiger partial charge on any atom is 0.240 e. The van der Waals surface area contributed by atoms with Gasteiger partial charge >= 0.3 is 0 Å². The van der Waals surface area contributed by atoms with Crippen molar-refractivity contribution in [3.8, 4) is 11.5 Å². The van der Waals surface area contributed by atoms with Crippen LogP contribution in [0.4, 0.5) is 8.78 Å². The Morgan fingerprint density at radius 1 is 1.00 bits per heavy atom. The molecule has 23 heavy (non-hydrogen) atoms. The SMILES string of the molecule is COc1ccc(OCCNS(=O)(=O)c2ccc(F)c(F)c2)cc1. The molecule has 0 spiro atoms. The summed E-state index contributed by atoms with van der Waals surface area (Å²) >= 11 is 0. The second kappa shape index (κ2) is 7.38. The van der Waals surface area contributed by atoms with E-state index in [9.17, 15) is 17.2 Å². The van der Waals surface area contributed by atoms with Crippen molar-refractivity contribution in [3.63, 3.8) is 0 Å². The molecule has 1 N–H and O–H groups in total. The van der Waals surface area contributed by atoms with Crippen molar-refractivity contribution in [1.82, 2.24) is 4.72 Å². The predicted molar refractivity (Wildman–Crippen MR) is 80.0 cm³/mol. The van der Waals surface area contributed by atoms with Crippen molar-refractivity contribution in [2.24, 2.45) is 0 Å². The molecule has 124 valence electrons. The number of methoxy groups -OCH3 is 1. The fraction of sp³-hybridized carbons (Fsp3) is 0.200. The second-order valence-electron chi connectivity index (χ2n) is 4.50. The first-order valence-corrected chi connectivity index (χ1v) is 8.12. The molecule has 0 atom stereocenters. The molecular formula is C15H15F2NO4S.